The molecular weight excluding hydrogens is 176 g/mol. The van der Waals surface area contributed by atoms with E-state index in [-0.39, 0.29) is 0 Å². The van der Waals surface area contributed by atoms with Crippen LogP contribution >= 0.6 is 24.0 Å². The van der Waals surface area contributed by atoms with E-state index in [9.17, 15) is 0 Å². The minimum Gasteiger partial charge on any atom is -0.355 e. The summed E-state index contributed by atoms with van der Waals surface area (Å²) in [6.07, 6.45) is 0. The van der Waals surface area contributed by atoms with Crippen LogP contribution in [-0.2, 0) is 0 Å². The molecule has 1 unspecified atom stereocenters. The van der Waals surface area contributed by atoms with Crippen molar-refractivity contribution in [1.29, 1.82) is 0 Å². The van der Waals surface area contributed by atoms with Gasteiger partial charge in [0.25, 0.3) is 0 Å². The average Bonchev–Trinajstić information content (AvgIpc) is 2.18. The number of likely N-dealkylation sites (N-methyl/N-ethyl adjacent to an activating group) is 2. The second-order valence-corrected chi connectivity index (χ2v) is 4.76. The van der Waals surface area contributed by atoms with Crippen LogP contribution in [0.2, 0.25) is 0 Å². The summed E-state index contributed by atoms with van der Waals surface area (Å²) in [5, 5.41) is 0. The predicted molar refractivity (Wildman–Crippen MR) is 55.2 cm³/mol. The van der Waals surface area contributed by atoms with Crippen LogP contribution in [0.1, 0.15) is 0 Å². The molecule has 64 valence electrons. The third-order valence-corrected chi connectivity index (χ3v) is 3.54. The molecule has 4 heteroatoms. The maximum atomic E-state index is 5.14. The van der Waals surface area contributed by atoms with Crippen molar-refractivity contribution in [2.45, 2.75) is 6.04 Å². The van der Waals surface area contributed by atoms with Crippen LogP contribution in [0.4, 0.5) is 0 Å². The molecule has 0 bridgehead atoms. The zero-order valence-electron chi connectivity index (χ0n) is 7.20. The van der Waals surface area contributed by atoms with Gasteiger partial charge in [0, 0.05) is 19.3 Å². The first-order valence-corrected chi connectivity index (χ1v) is 5.05. The molecule has 0 spiro atoms. The molecule has 1 fully saturated rings. The molecule has 1 aliphatic rings. The fourth-order valence-electron chi connectivity index (χ4n) is 1.13. The van der Waals surface area contributed by atoms with E-state index in [1.54, 1.807) is 11.8 Å². The summed E-state index contributed by atoms with van der Waals surface area (Å²) < 4.78 is 1.04. The Morgan fingerprint density at radius 3 is 2.73 bits per heavy atom. The Morgan fingerprint density at radius 1 is 1.73 bits per heavy atom. The van der Waals surface area contributed by atoms with Crippen LogP contribution in [-0.4, -0.2) is 53.6 Å². The molecule has 1 heterocycles. The van der Waals surface area contributed by atoms with Gasteiger partial charge in [-0.25, -0.2) is 0 Å². The van der Waals surface area contributed by atoms with Crippen LogP contribution in [0, 0.1) is 0 Å². The van der Waals surface area contributed by atoms with Gasteiger partial charge < -0.3 is 9.80 Å². The van der Waals surface area contributed by atoms with Crippen LogP contribution < -0.4 is 0 Å². The lowest BCUT2D eigenvalue weighted by Crippen LogP contribution is -2.37. The maximum Gasteiger partial charge on any atom is 0.136 e. The summed E-state index contributed by atoms with van der Waals surface area (Å²) in [6, 6.07) is 0.613. The number of nitrogens with zero attached hydrogens (tertiary/aromatic N) is 2. The Morgan fingerprint density at radius 2 is 2.36 bits per heavy atom. The summed E-state index contributed by atoms with van der Waals surface area (Å²) >= 11 is 6.93. The first-order chi connectivity index (χ1) is 5.11. The molecule has 1 saturated heterocycles. The van der Waals surface area contributed by atoms with Crippen molar-refractivity contribution in [2.75, 3.05) is 33.4 Å². The zero-order chi connectivity index (χ0) is 8.43. The summed E-state index contributed by atoms with van der Waals surface area (Å²) in [7, 11) is 6.27. The van der Waals surface area contributed by atoms with Crippen molar-refractivity contribution in [3.63, 3.8) is 0 Å². The molecule has 0 N–H and O–H groups in total. The van der Waals surface area contributed by atoms with Crippen LogP contribution in [0.25, 0.3) is 0 Å². The molecular formula is C7H14N2S2. The van der Waals surface area contributed by atoms with Gasteiger partial charge in [-0.3, -0.25) is 0 Å². The normalized spacial score (nSPS) is 25.3. The molecule has 0 saturated carbocycles. The van der Waals surface area contributed by atoms with Crippen LogP contribution in [0.15, 0.2) is 0 Å². The Bertz CT molecular complexity index is 159. The highest BCUT2D eigenvalue weighted by Gasteiger charge is 2.25. The zero-order valence-corrected chi connectivity index (χ0v) is 8.84. The molecule has 0 amide bonds. The molecule has 11 heavy (non-hydrogen) atoms. The van der Waals surface area contributed by atoms with E-state index in [0.717, 1.165) is 16.6 Å². The van der Waals surface area contributed by atoms with Gasteiger partial charge in [-0.05, 0) is 14.1 Å². The van der Waals surface area contributed by atoms with E-state index in [2.05, 4.69) is 30.9 Å². The van der Waals surface area contributed by atoms with Crippen LogP contribution in [0.5, 0.6) is 0 Å². The van der Waals surface area contributed by atoms with Crippen molar-refractivity contribution >= 4 is 28.3 Å². The summed E-state index contributed by atoms with van der Waals surface area (Å²) in [5.74, 6) is 1.15. The highest BCUT2D eigenvalue weighted by atomic mass is 32.2. The Balaban J connectivity index is 2.42. The number of thioether (sulfide) groups is 1. The van der Waals surface area contributed by atoms with Gasteiger partial charge in [-0.2, -0.15) is 0 Å². The van der Waals surface area contributed by atoms with Gasteiger partial charge >= 0.3 is 0 Å². The van der Waals surface area contributed by atoms with E-state index in [1.807, 2.05) is 0 Å². The van der Waals surface area contributed by atoms with Gasteiger partial charge in [-0.15, -0.1) is 0 Å². The second kappa shape index (κ2) is 3.74. The minimum absolute atomic E-state index is 0.613. The maximum absolute atomic E-state index is 5.14. The Kier molecular flexibility index (Phi) is 3.16. The van der Waals surface area contributed by atoms with Crippen molar-refractivity contribution in [3.8, 4) is 0 Å². The highest BCUT2D eigenvalue weighted by Crippen LogP contribution is 2.22. The largest absolute Gasteiger partial charge is 0.355 e. The molecule has 0 aliphatic carbocycles. The van der Waals surface area contributed by atoms with Gasteiger partial charge in [0.15, 0.2) is 0 Å². The molecule has 0 aromatic rings. The summed E-state index contributed by atoms with van der Waals surface area (Å²) in [4.78, 5) is 4.40. The Hall–Kier alpha value is 0.200. The predicted octanol–water partition coefficient (Wildman–Crippen LogP) is 0.880. The number of rotatable bonds is 2. The molecule has 0 aromatic heterocycles. The fourth-order valence-corrected chi connectivity index (χ4v) is 2.50. The quantitative estimate of drug-likeness (QED) is 0.596. The molecule has 1 atom stereocenters. The topological polar surface area (TPSA) is 6.48 Å². The SMILES string of the molecule is CN(C)CC1CSC(=S)N1C. The molecule has 1 rings (SSSR count). The number of hydrogen-bond acceptors (Lipinski definition) is 3. The average molecular weight is 190 g/mol. The van der Waals surface area contributed by atoms with E-state index in [0.29, 0.717) is 6.04 Å². The third-order valence-electron chi connectivity index (χ3n) is 1.81. The second-order valence-electron chi connectivity index (χ2n) is 3.10. The summed E-state index contributed by atoms with van der Waals surface area (Å²) in [6.45, 7) is 1.10. The summed E-state index contributed by atoms with van der Waals surface area (Å²) in [5.41, 5.74) is 0. The lowest BCUT2D eigenvalue weighted by Gasteiger charge is -2.23. The van der Waals surface area contributed by atoms with E-state index in [1.165, 1.54) is 0 Å². The van der Waals surface area contributed by atoms with Gasteiger partial charge in [0.1, 0.15) is 4.32 Å². The van der Waals surface area contributed by atoms with E-state index >= 15 is 0 Å². The number of thiocarbonyl (C=S) groups is 1. The Labute approximate surface area is 77.9 Å². The molecule has 2 nitrogen and oxygen atoms in total. The third kappa shape index (κ3) is 2.32. The van der Waals surface area contributed by atoms with E-state index < -0.39 is 0 Å². The van der Waals surface area contributed by atoms with Crippen LogP contribution in [0.3, 0.4) is 0 Å². The van der Waals surface area contributed by atoms with Gasteiger partial charge in [0.05, 0.1) is 6.04 Å². The molecule has 0 radical (unpaired) electrons. The first kappa shape index (κ1) is 9.29. The minimum atomic E-state index is 0.613. The van der Waals surface area contributed by atoms with Gasteiger partial charge in [0.2, 0.25) is 0 Å². The lowest BCUT2D eigenvalue weighted by atomic mass is 10.3. The fraction of sp³-hybridized carbons (Fsp3) is 0.857. The first-order valence-electron chi connectivity index (χ1n) is 3.65. The van der Waals surface area contributed by atoms with Crippen molar-refractivity contribution in [1.82, 2.24) is 9.80 Å². The van der Waals surface area contributed by atoms with Crippen molar-refractivity contribution < 1.29 is 0 Å². The standard InChI is InChI=1S/C7H14N2S2/c1-8(2)4-6-5-11-7(10)9(6)3/h6H,4-5H2,1-3H3. The lowest BCUT2D eigenvalue weighted by molar-refractivity contribution is 0.300. The van der Waals surface area contributed by atoms with Gasteiger partial charge in [-0.1, -0.05) is 24.0 Å². The molecule has 1 aliphatic heterocycles. The number of hydrogen-bond donors (Lipinski definition) is 0. The van der Waals surface area contributed by atoms with Crippen molar-refractivity contribution in [3.05, 3.63) is 0 Å². The monoisotopic (exact) mass is 190 g/mol. The highest BCUT2D eigenvalue weighted by molar-refractivity contribution is 8.23. The van der Waals surface area contributed by atoms with Crippen molar-refractivity contribution in [2.24, 2.45) is 0 Å². The van der Waals surface area contributed by atoms with E-state index in [4.69, 9.17) is 12.2 Å². The molecule has 0 aromatic carbocycles. The smallest absolute Gasteiger partial charge is 0.136 e.